The van der Waals surface area contributed by atoms with Gasteiger partial charge in [0.05, 0.1) is 5.41 Å². The Bertz CT molecular complexity index is 902. The van der Waals surface area contributed by atoms with Crippen LogP contribution in [0.25, 0.3) is 11.1 Å². The van der Waals surface area contributed by atoms with Crippen molar-refractivity contribution in [3.8, 4) is 11.1 Å². The van der Waals surface area contributed by atoms with Gasteiger partial charge in [0.2, 0.25) is 0 Å². The molecule has 30 heavy (non-hydrogen) atoms. The van der Waals surface area contributed by atoms with Gasteiger partial charge in [-0.25, -0.2) is 0 Å². The maximum Gasteiger partial charge on any atom is 0.0710 e. The molecular formula is C30H36. The molecule has 156 valence electrons. The number of allylic oxidation sites excluding steroid dienone is 9. The minimum atomic E-state index is -0.405. The molecule has 3 rings (SSSR count). The normalized spacial score (nSPS) is 13.8. The van der Waals surface area contributed by atoms with Gasteiger partial charge in [-0.05, 0) is 40.3 Å². The van der Waals surface area contributed by atoms with Crippen molar-refractivity contribution < 1.29 is 0 Å². The van der Waals surface area contributed by atoms with E-state index in [4.69, 9.17) is 0 Å². The quantitative estimate of drug-likeness (QED) is 0.427. The highest BCUT2D eigenvalue weighted by Gasteiger charge is 2.46. The summed E-state index contributed by atoms with van der Waals surface area (Å²) >= 11 is 0. The third-order valence-electron chi connectivity index (χ3n) is 5.06. The fourth-order valence-electron chi connectivity index (χ4n) is 4.11. The summed E-state index contributed by atoms with van der Waals surface area (Å²) in [6, 6.07) is 17.3. The molecule has 1 aliphatic carbocycles. The first kappa shape index (κ1) is 24.9. The van der Waals surface area contributed by atoms with E-state index < -0.39 is 5.41 Å². The lowest BCUT2D eigenvalue weighted by Gasteiger charge is -2.35. The molecule has 1 aliphatic rings. The molecule has 0 nitrogen and oxygen atoms in total. The van der Waals surface area contributed by atoms with Crippen LogP contribution in [-0.2, 0) is 5.41 Å². The van der Waals surface area contributed by atoms with Gasteiger partial charge >= 0.3 is 0 Å². The van der Waals surface area contributed by atoms with Crippen LogP contribution in [0.5, 0.6) is 0 Å². The van der Waals surface area contributed by atoms with Gasteiger partial charge in [0.1, 0.15) is 0 Å². The molecule has 2 aromatic carbocycles. The lowest BCUT2D eigenvalue weighted by molar-refractivity contribution is 0.764. The fraction of sp³-hybridized carbons (Fsp3) is 0.200. The number of rotatable bonds is 6. The molecule has 0 aliphatic heterocycles. The second-order valence-corrected chi connectivity index (χ2v) is 6.24. The molecule has 0 unspecified atom stereocenters. The van der Waals surface area contributed by atoms with Gasteiger partial charge in [-0.2, -0.15) is 0 Å². The van der Waals surface area contributed by atoms with Gasteiger partial charge in [0.15, 0.2) is 0 Å². The second kappa shape index (κ2) is 12.4. The Labute approximate surface area is 184 Å². The van der Waals surface area contributed by atoms with Crippen molar-refractivity contribution in [3.63, 3.8) is 0 Å². The summed E-state index contributed by atoms with van der Waals surface area (Å²) < 4.78 is 0. The molecule has 0 spiro atoms. The Kier molecular flexibility index (Phi) is 10.3. The van der Waals surface area contributed by atoms with Gasteiger partial charge in [-0.15, -0.1) is 0 Å². The molecule has 0 bridgehead atoms. The van der Waals surface area contributed by atoms with Gasteiger partial charge in [-0.3, -0.25) is 0 Å². The van der Waals surface area contributed by atoms with E-state index in [1.54, 1.807) is 0 Å². The van der Waals surface area contributed by atoms with E-state index in [1.165, 1.54) is 27.8 Å². The zero-order valence-corrected chi connectivity index (χ0v) is 19.3. The van der Waals surface area contributed by atoms with E-state index in [2.05, 4.69) is 93.4 Å². The van der Waals surface area contributed by atoms with Crippen LogP contribution in [0.1, 0.15) is 45.7 Å². The summed E-state index contributed by atoms with van der Waals surface area (Å²) in [7, 11) is 0. The zero-order valence-electron chi connectivity index (χ0n) is 19.3. The van der Waals surface area contributed by atoms with Crippen molar-refractivity contribution in [1.82, 2.24) is 0 Å². The number of hydrogen-bond acceptors (Lipinski definition) is 0. The van der Waals surface area contributed by atoms with Crippen LogP contribution in [0.2, 0.25) is 0 Å². The minimum Gasteiger partial charge on any atom is -0.0991 e. The predicted molar refractivity (Wildman–Crippen MR) is 137 cm³/mol. The molecule has 0 N–H and O–H groups in total. The first-order valence-corrected chi connectivity index (χ1v) is 10.9. The molecule has 0 atom stereocenters. The van der Waals surface area contributed by atoms with Gasteiger partial charge in [-0.1, -0.05) is 138 Å². The minimum absolute atomic E-state index is 0.405. The van der Waals surface area contributed by atoms with Gasteiger partial charge < -0.3 is 0 Å². The molecular weight excluding hydrogens is 360 g/mol. The van der Waals surface area contributed by atoms with Crippen molar-refractivity contribution in [3.05, 3.63) is 133 Å². The number of hydrogen-bond donors (Lipinski definition) is 0. The molecule has 0 radical (unpaired) electrons. The van der Waals surface area contributed by atoms with E-state index in [0.717, 1.165) is 5.57 Å². The van der Waals surface area contributed by atoms with Gasteiger partial charge in [0, 0.05) is 0 Å². The maximum absolute atomic E-state index is 4.12. The van der Waals surface area contributed by atoms with Crippen LogP contribution in [-0.4, -0.2) is 0 Å². The lowest BCUT2D eigenvalue weighted by Crippen LogP contribution is -2.29. The molecule has 0 heterocycles. The highest BCUT2D eigenvalue weighted by molar-refractivity contribution is 5.87. The topological polar surface area (TPSA) is 0 Å². The Morgan fingerprint density at radius 2 is 1.23 bits per heavy atom. The molecule has 0 amide bonds. The zero-order chi connectivity index (χ0) is 22.6. The summed E-state index contributed by atoms with van der Waals surface area (Å²) in [5.41, 5.74) is 7.00. The molecule has 0 aromatic heterocycles. The average molecular weight is 397 g/mol. The summed E-state index contributed by atoms with van der Waals surface area (Å²) in [6.07, 6.45) is 14.0. The van der Waals surface area contributed by atoms with Crippen molar-refractivity contribution in [2.45, 2.75) is 40.0 Å². The molecule has 0 heteroatoms. The van der Waals surface area contributed by atoms with E-state index in [0.29, 0.717) is 0 Å². The van der Waals surface area contributed by atoms with Crippen molar-refractivity contribution >= 4 is 0 Å². The van der Waals surface area contributed by atoms with Crippen LogP contribution < -0.4 is 0 Å². The molecule has 0 saturated carbocycles. The monoisotopic (exact) mass is 396 g/mol. The average Bonchev–Trinajstić information content (AvgIpc) is 3.12. The van der Waals surface area contributed by atoms with Crippen LogP contribution in [0.4, 0.5) is 0 Å². The standard InChI is InChI=1S/C26H24.2C2H6/c1-5-9-15-21(8-4)26(20(7-3)14-6-2)24-18-12-10-16-22(24)23-17-11-13-19-25(23)26;2*1-2/h5-19H,1-3H2,4H3;2*1-2H3/b15-9-,20-14+,21-8+;;. The van der Waals surface area contributed by atoms with E-state index in [1.807, 2.05) is 52.0 Å². The Morgan fingerprint density at radius 3 is 1.63 bits per heavy atom. The smallest absolute Gasteiger partial charge is 0.0710 e. The number of fused-ring (bicyclic) bond motifs is 3. The Balaban J connectivity index is 0.00000106. The number of benzene rings is 2. The third-order valence-corrected chi connectivity index (χ3v) is 5.06. The summed E-state index contributed by atoms with van der Waals surface area (Å²) in [5.74, 6) is 0. The second-order valence-electron chi connectivity index (χ2n) is 6.24. The highest BCUT2D eigenvalue weighted by atomic mass is 14.5. The van der Waals surface area contributed by atoms with Crippen molar-refractivity contribution in [2.75, 3.05) is 0 Å². The SMILES string of the molecule is C=C/C=C\C(=C/C)C1(/C(C=C)=C/C=C)c2ccccc2-c2ccccc21.CC.CC. The fourth-order valence-corrected chi connectivity index (χ4v) is 4.11. The first-order valence-electron chi connectivity index (χ1n) is 10.9. The lowest BCUT2D eigenvalue weighted by atomic mass is 9.66. The first-order chi connectivity index (χ1) is 14.7. The van der Waals surface area contributed by atoms with E-state index in [9.17, 15) is 0 Å². The van der Waals surface area contributed by atoms with Crippen LogP contribution in [0, 0.1) is 0 Å². The van der Waals surface area contributed by atoms with Crippen molar-refractivity contribution in [1.29, 1.82) is 0 Å². The van der Waals surface area contributed by atoms with Gasteiger partial charge in [0.25, 0.3) is 0 Å². The molecule has 0 saturated heterocycles. The Morgan fingerprint density at radius 1 is 0.733 bits per heavy atom. The largest absolute Gasteiger partial charge is 0.0991 e. The maximum atomic E-state index is 4.12. The predicted octanol–water partition coefficient (Wildman–Crippen LogP) is 8.99. The van der Waals surface area contributed by atoms with Crippen LogP contribution >= 0.6 is 0 Å². The van der Waals surface area contributed by atoms with Crippen LogP contribution in [0.3, 0.4) is 0 Å². The summed E-state index contributed by atoms with van der Waals surface area (Å²) in [6.45, 7) is 22.0. The third kappa shape index (κ3) is 4.24. The van der Waals surface area contributed by atoms with E-state index in [-0.39, 0.29) is 0 Å². The summed E-state index contributed by atoms with van der Waals surface area (Å²) in [4.78, 5) is 0. The highest BCUT2D eigenvalue weighted by Crippen LogP contribution is 2.56. The Hall–Kier alpha value is -3.12. The van der Waals surface area contributed by atoms with E-state index >= 15 is 0 Å². The van der Waals surface area contributed by atoms with Crippen molar-refractivity contribution in [2.24, 2.45) is 0 Å². The molecule has 2 aromatic rings. The van der Waals surface area contributed by atoms with Crippen LogP contribution in [0.15, 0.2) is 122 Å². The molecule has 0 fully saturated rings. The summed E-state index contributed by atoms with van der Waals surface area (Å²) in [5, 5.41) is 0.